The fraction of sp³-hybridized carbons (Fsp3) is 0.200. The molecule has 33 heavy (non-hydrogen) atoms. The zero-order chi connectivity index (χ0) is 23.8. The number of sulfone groups is 1. The first kappa shape index (κ1) is 22.1. The Morgan fingerprint density at radius 2 is 1.91 bits per heavy atom. The first-order valence-electron chi connectivity index (χ1n) is 9.66. The number of imide groups is 1. The highest BCUT2D eigenvalue weighted by Gasteiger charge is 2.49. The SMILES string of the molecule is CC1(c2cccc(-n3cnnn3)c2)NC(=O)N(CC(=O)Nc2ccccc2S(C)(=O)=O)C1=O. The van der Waals surface area contributed by atoms with Crippen molar-refractivity contribution in [2.24, 2.45) is 0 Å². The molecule has 1 aromatic heterocycles. The van der Waals surface area contributed by atoms with Crippen LogP contribution in [0.1, 0.15) is 12.5 Å². The van der Waals surface area contributed by atoms with E-state index in [0.717, 1.165) is 11.2 Å². The fourth-order valence-corrected chi connectivity index (χ4v) is 4.35. The van der Waals surface area contributed by atoms with E-state index >= 15 is 0 Å². The van der Waals surface area contributed by atoms with Gasteiger partial charge in [-0.25, -0.2) is 17.9 Å². The van der Waals surface area contributed by atoms with Gasteiger partial charge < -0.3 is 10.6 Å². The number of rotatable bonds is 6. The smallest absolute Gasteiger partial charge is 0.323 e. The van der Waals surface area contributed by atoms with Crippen molar-refractivity contribution in [2.45, 2.75) is 17.4 Å². The monoisotopic (exact) mass is 469 g/mol. The van der Waals surface area contributed by atoms with Crippen molar-refractivity contribution in [3.05, 3.63) is 60.4 Å². The number of carbonyl (C=O) groups is 3. The standard InChI is InChI=1S/C20H19N7O5S/c1-20(13-6-5-7-14(10-13)27-12-21-24-25-27)18(29)26(19(30)23-20)11-17(28)22-15-8-3-4-9-16(15)33(2,31)32/h3-10,12H,11H2,1-2H3,(H,22,28)(H,23,30). The molecule has 0 radical (unpaired) electrons. The van der Waals surface area contributed by atoms with Crippen molar-refractivity contribution in [1.82, 2.24) is 30.4 Å². The molecule has 2 N–H and O–H groups in total. The Bertz CT molecular complexity index is 1360. The van der Waals surface area contributed by atoms with Gasteiger partial charge in [0.2, 0.25) is 5.91 Å². The van der Waals surface area contributed by atoms with Gasteiger partial charge in [0, 0.05) is 6.26 Å². The molecule has 0 saturated carbocycles. The minimum atomic E-state index is -3.60. The summed E-state index contributed by atoms with van der Waals surface area (Å²) in [6.07, 6.45) is 2.41. The van der Waals surface area contributed by atoms with Gasteiger partial charge in [-0.05, 0) is 47.2 Å². The third kappa shape index (κ3) is 4.17. The Hall–Kier alpha value is -4.13. The van der Waals surface area contributed by atoms with Gasteiger partial charge in [-0.1, -0.05) is 24.3 Å². The Morgan fingerprint density at radius 3 is 2.61 bits per heavy atom. The second-order valence-corrected chi connectivity index (χ2v) is 9.55. The third-order valence-corrected chi connectivity index (χ3v) is 6.33. The Morgan fingerprint density at radius 1 is 1.15 bits per heavy atom. The van der Waals surface area contributed by atoms with E-state index in [1.807, 2.05) is 0 Å². The van der Waals surface area contributed by atoms with E-state index in [1.54, 1.807) is 30.3 Å². The van der Waals surface area contributed by atoms with Crippen molar-refractivity contribution in [3.63, 3.8) is 0 Å². The zero-order valence-corrected chi connectivity index (χ0v) is 18.4. The van der Waals surface area contributed by atoms with Crippen LogP contribution in [0.2, 0.25) is 0 Å². The summed E-state index contributed by atoms with van der Waals surface area (Å²) >= 11 is 0. The van der Waals surface area contributed by atoms with Crippen LogP contribution in [0.15, 0.2) is 59.8 Å². The van der Waals surface area contributed by atoms with E-state index in [4.69, 9.17) is 0 Å². The van der Waals surface area contributed by atoms with Crippen LogP contribution in [0.5, 0.6) is 0 Å². The molecular weight excluding hydrogens is 450 g/mol. The third-order valence-electron chi connectivity index (χ3n) is 5.17. The number of tetrazole rings is 1. The molecule has 1 atom stereocenters. The van der Waals surface area contributed by atoms with E-state index in [9.17, 15) is 22.8 Å². The molecule has 0 bridgehead atoms. The van der Waals surface area contributed by atoms with Crippen LogP contribution in [-0.2, 0) is 25.0 Å². The number of carbonyl (C=O) groups excluding carboxylic acids is 3. The van der Waals surface area contributed by atoms with Crippen LogP contribution < -0.4 is 10.6 Å². The van der Waals surface area contributed by atoms with E-state index in [0.29, 0.717) is 11.3 Å². The van der Waals surface area contributed by atoms with Gasteiger partial charge in [-0.2, -0.15) is 0 Å². The average Bonchev–Trinajstić information content (AvgIpc) is 3.38. The van der Waals surface area contributed by atoms with Crippen LogP contribution >= 0.6 is 0 Å². The minimum Gasteiger partial charge on any atom is -0.323 e. The molecule has 13 heteroatoms. The molecular formula is C20H19N7O5S. The molecule has 1 saturated heterocycles. The number of nitrogens with one attached hydrogen (secondary N) is 2. The Kier molecular flexibility index (Phi) is 5.41. The average molecular weight is 469 g/mol. The molecule has 2 heterocycles. The summed E-state index contributed by atoms with van der Waals surface area (Å²) in [4.78, 5) is 39.1. The molecule has 1 unspecified atom stereocenters. The van der Waals surface area contributed by atoms with Gasteiger partial charge in [0.1, 0.15) is 18.4 Å². The van der Waals surface area contributed by atoms with E-state index in [1.165, 1.54) is 36.1 Å². The van der Waals surface area contributed by atoms with Gasteiger partial charge in [0.05, 0.1) is 16.3 Å². The number of amides is 4. The number of hydrogen-bond donors (Lipinski definition) is 2. The quantitative estimate of drug-likeness (QED) is 0.494. The van der Waals surface area contributed by atoms with Crippen molar-refractivity contribution >= 4 is 33.4 Å². The second-order valence-electron chi connectivity index (χ2n) is 7.57. The highest BCUT2D eigenvalue weighted by atomic mass is 32.2. The summed E-state index contributed by atoms with van der Waals surface area (Å²) in [5.74, 6) is -1.35. The van der Waals surface area contributed by atoms with Crippen LogP contribution in [0, 0.1) is 0 Å². The number of benzene rings is 2. The molecule has 4 rings (SSSR count). The fourth-order valence-electron chi connectivity index (χ4n) is 3.50. The topological polar surface area (TPSA) is 156 Å². The predicted molar refractivity (Wildman–Crippen MR) is 115 cm³/mol. The van der Waals surface area contributed by atoms with Crippen LogP contribution in [0.3, 0.4) is 0 Å². The number of para-hydroxylation sites is 1. The molecule has 3 aromatic rings. The molecule has 4 amide bonds. The summed E-state index contributed by atoms with van der Waals surface area (Å²) in [5, 5.41) is 16.0. The van der Waals surface area contributed by atoms with Crippen molar-refractivity contribution in [2.75, 3.05) is 18.1 Å². The van der Waals surface area contributed by atoms with Crippen molar-refractivity contribution in [3.8, 4) is 5.69 Å². The van der Waals surface area contributed by atoms with E-state index < -0.39 is 39.8 Å². The highest BCUT2D eigenvalue weighted by Crippen LogP contribution is 2.30. The summed E-state index contributed by atoms with van der Waals surface area (Å²) in [7, 11) is -3.60. The van der Waals surface area contributed by atoms with Gasteiger partial charge >= 0.3 is 6.03 Å². The Labute approximate surface area is 188 Å². The van der Waals surface area contributed by atoms with Gasteiger partial charge in [-0.3, -0.25) is 14.5 Å². The molecule has 1 aliphatic heterocycles. The summed E-state index contributed by atoms with van der Waals surface area (Å²) in [6, 6.07) is 11.9. The highest BCUT2D eigenvalue weighted by molar-refractivity contribution is 7.90. The van der Waals surface area contributed by atoms with Crippen LogP contribution in [0.25, 0.3) is 5.69 Å². The number of urea groups is 1. The number of aromatic nitrogens is 4. The lowest BCUT2D eigenvalue weighted by atomic mass is 9.91. The first-order chi connectivity index (χ1) is 15.6. The van der Waals surface area contributed by atoms with E-state index in [2.05, 4.69) is 26.2 Å². The lowest BCUT2D eigenvalue weighted by molar-refractivity contribution is -0.133. The molecule has 12 nitrogen and oxygen atoms in total. The van der Waals surface area contributed by atoms with Crippen LogP contribution in [0.4, 0.5) is 10.5 Å². The number of hydrogen-bond acceptors (Lipinski definition) is 8. The Balaban J connectivity index is 1.55. The van der Waals surface area contributed by atoms with E-state index in [-0.39, 0.29) is 10.6 Å². The maximum absolute atomic E-state index is 13.2. The van der Waals surface area contributed by atoms with Crippen molar-refractivity contribution in [1.29, 1.82) is 0 Å². The number of nitrogens with zero attached hydrogens (tertiary/aromatic N) is 5. The molecule has 1 fully saturated rings. The molecule has 170 valence electrons. The van der Waals surface area contributed by atoms with Gasteiger partial charge in [0.25, 0.3) is 5.91 Å². The molecule has 0 spiro atoms. The maximum atomic E-state index is 13.2. The first-order valence-corrected chi connectivity index (χ1v) is 11.6. The second kappa shape index (κ2) is 8.09. The van der Waals surface area contributed by atoms with Crippen LogP contribution in [-0.4, -0.2) is 64.2 Å². The summed E-state index contributed by atoms with van der Waals surface area (Å²) in [5.41, 5.74) is -0.311. The zero-order valence-electron chi connectivity index (χ0n) is 17.6. The summed E-state index contributed by atoms with van der Waals surface area (Å²) in [6.45, 7) is 0.938. The molecule has 2 aromatic carbocycles. The number of anilines is 1. The van der Waals surface area contributed by atoms with Gasteiger partial charge in [-0.15, -0.1) is 5.10 Å². The summed E-state index contributed by atoms with van der Waals surface area (Å²) < 4.78 is 25.3. The molecule has 1 aliphatic rings. The lowest BCUT2D eigenvalue weighted by Gasteiger charge is -2.22. The predicted octanol–water partition coefficient (Wildman–Crippen LogP) is 0.472. The lowest BCUT2D eigenvalue weighted by Crippen LogP contribution is -2.42. The minimum absolute atomic E-state index is 0.0639. The normalized spacial score (nSPS) is 18.3. The largest absolute Gasteiger partial charge is 0.325 e. The van der Waals surface area contributed by atoms with Gasteiger partial charge in [0.15, 0.2) is 9.84 Å². The maximum Gasteiger partial charge on any atom is 0.325 e. The molecule has 0 aliphatic carbocycles. The van der Waals surface area contributed by atoms with Crippen molar-refractivity contribution < 1.29 is 22.8 Å².